The van der Waals surface area contributed by atoms with E-state index in [0.29, 0.717) is 0 Å². The van der Waals surface area contributed by atoms with Crippen molar-refractivity contribution in [1.82, 2.24) is 5.32 Å². The Kier molecular flexibility index (Phi) is 6.85. The number of rotatable bonds is 5. The number of fused-ring (bicyclic) bond motifs is 5. The summed E-state index contributed by atoms with van der Waals surface area (Å²) >= 11 is 0. The maximum absolute atomic E-state index is 6.70. The highest BCUT2D eigenvalue weighted by Gasteiger charge is 2.26. The van der Waals surface area contributed by atoms with Crippen LogP contribution in [0.5, 0.6) is 0 Å². The summed E-state index contributed by atoms with van der Waals surface area (Å²) in [5, 5.41) is 10.5. The Morgan fingerprint density at radius 3 is 1.73 bits per heavy atom. The minimum Gasteiger partial charge on any atom is -0.455 e. The molecule has 0 bridgehead atoms. The van der Waals surface area contributed by atoms with Gasteiger partial charge in [-0.05, 0) is 56.4 Å². The van der Waals surface area contributed by atoms with Crippen LogP contribution < -0.4 is 5.32 Å². The highest BCUT2D eigenvalue weighted by atomic mass is 16.3. The zero-order chi connectivity index (χ0) is 33.7. The molecule has 240 valence electrons. The third-order valence-electron chi connectivity index (χ3n) is 9.92. The van der Waals surface area contributed by atoms with Crippen molar-refractivity contribution in [1.29, 1.82) is 0 Å². The molecule has 1 aromatic heterocycles. The molecule has 0 radical (unpaired) electrons. The van der Waals surface area contributed by atoms with Crippen LogP contribution in [0.4, 0.5) is 0 Å². The molecule has 0 saturated heterocycles. The van der Waals surface area contributed by atoms with Gasteiger partial charge >= 0.3 is 0 Å². The van der Waals surface area contributed by atoms with E-state index in [4.69, 9.17) is 14.4 Å². The van der Waals surface area contributed by atoms with E-state index in [1.54, 1.807) is 0 Å². The van der Waals surface area contributed by atoms with E-state index in [2.05, 4.69) is 163 Å². The van der Waals surface area contributed by atoms with E-state index in [9.17, 15) is 0 Å². The van der Waals surface area contributed by atoms with Gasteiger partial charge in [0.1, 0.15) is 22.8 Å². The second kappa shape index (κ2) is 12.0. The molecule has 10 rings (SSSR count). The highest BCUT2D eigenvalue weighted by Crippen LogP contribution is 2.42. The summed E-state index contributed by atoms with van der Waals surface area (Å²) in [5.41, 5.74) is 9.18. The molecule has 0 fully saturated rings. The van der Waals surface area contributed by atoms with Crippen molar-refractivity contribution in [2.75, 3.05) is 0 Å². The molecule has 8 aromatic carbocycles. The molecule has 4 heteroatoms. The minimum atomic E-state index is -0.509. The van der Waals surface area contributed by atoms with Gasteiger partial charge in [-0.15, -0.1) is 0 Å². The van der Waals surface area contributed by atoms with Gasteiger partial charge < -0.3 is 9.73 Å². The molecule has 2 heterocycles. The standard InChI is InChI=1S/C47H31N3O/c1-2-10-30(11-3-1)33-18-22-34(23-19-33)45-48-46(38-25-21-32-13-5-7-15-36(32)29-38)50-47(49-45)41-27-26-39(37-24-20-31-12-4-6-14-35(31)28-37)44-43(41)40-16-8-9-17-42(40)51-44/h1-29,47H,(H,48,49,50). The number of hydrogen-bond acceptors (Lipinski definition) is 4. The lowest BCUT2D eigenvalue weighted by Gasteiger charge is -2.23. The highest BCUT2D eigenvalue weighted by molar-refractivity contribution is 6.17. The first kappa shape index (κ1) is 29.2. The average molecular weight is 654 g/mol. The minimum absolute atomic E-state index is 0.509. The third-order valence-corrected chi connectivity index (χ3v) is 9.92. The Morgan fingerprint density at radius 1 is 0.431 bits per heavy atom. The van der Waals surface area contributed by atoms with E-state index in [-0.39, 0.29) is 0 Å². The maximum atomic E-state index is 6.70. The molecular weight excluding hydrogens is 623 g/mol. The number of benzene rings is 8. The van der Waals surface area contributed by atoms with E-state index in [1.165, 1.54) is 21.7 Å². The van der Waals surface area contributed by atoms with Crippen LogP contribution in [0.15, 0.2) is 190 Å². The van der Waals surface area contributed by atoms with Crippen molar-refractivity contribution < 1.29 is 4.42 Å². The van der Waals surface area contributed by atoms with E-state index in [0.717, 1.165) is 72.4 Å². The first-order chi connectivity index (χ1) is 25.2. The quantitative estimate of drug-likeness (QED) is 0.201. The van der Waals surface area contributed by atoms with Crippen LogP contribution in [-0.2, 0) is 0 Å². The molecule has 9 aromatic rings. The first-order valence-electron chi connectivity index (χ1n) is 17.3. The average Bonchev–Trinajstić information content (AvgIpc) is 3.60. The molecular formula is C47H31N3O. The summed E-state index contributed by atoms with van der Waals surface area (Å²) in [4.78, 5) is 10.6. The maximum Gasteiger partial charge on any atom is 0.170 e. The second-order valence-corrected chi connectivity index (χ2v) is 13.0. The number of nitrogens with one attached hydrogen (secondary N) is 1. The molecule has 1 unspecified atom stereocenters. The Morgan fingerprint density at radius 2 is 0.980 bits per heavy atom. The summed E-state index contributed by atoms with van der Waals surface area (Å²) in [6.45, 7) is 0. The fraction of sp³-hybridized carbons (Fsp3) is 0.0213. The second-order valence-electron chi connectivity index (χ2n) is 13.0. The van der Waals surface area contributed by atoms with Crippen LogP contribution in [0.2, 0.25) is 0 Å². The van der Waals surface area contributed by atoms with Crippen molar-refractivity contribution in [3.63, 3.8) is 0 Å². The van der Waals surface area contributed by atoms with Crippen LogP contribution in [0.25, 0.3) is 65.7 Å². The summed E-state index contributed by atoms with van der Waals surface area (Å²) in [7, 11) is 0. The third kappa shape index (κ3) is 5.17. The van der Waals surface area contributed by atoms with Gasteiger partial charge in [0.25, 0.3) is 0 Å². The number of furan rings is 1. The number of nitrogens with zero attached hydrogens (tertiary/aromatic N) is 2. The van der Waals surface area contributed by atoms with E-state index in [1.807, 2.05) is 18.2 Å². The molecule has 0 amide bonds. The van der Waals surface area contributed by atoms with Gasteiger partial charge in [0.05, 0.1) is 0 Å². The summed E-state index contributed by atoms with van der Waals surface area (Å²) in [6, 6.07) is 61.6. The number of para-hydroxylation sites is 1. The Balaban J connectivity index is 1.16. The van der Waals surface area contributed by atoms with Gasteiger partial charge in [-0.3, -0.25) is 0 Å². The van der Waals surface area contributed by atoms with Gasteiger partial charge in [-0.1, -0.05) is 158 Å². The molecule has 1 aliphatic rings. The lowest BCUT2D eigenvalue weighted by Crippen LogP contribution is -2.36. The molecule has 51 heavy (non-hydrogen) atoms. The van der Waals surface area contributed by atoms with Gasteiger partial charge in [-0.25, -0.2) is 9.98 Å². The predicted molar refractivity (Wildman–Crippen MR) is 211 cm³/mol. The number of aliphatic imine (C=N–C) groups is 2. The molecule has 0 aliphatic carbocycles. The fourth-order valence-electron chi connectivity index (χ4n) is 7.32. The molecule has 1 atom stereocenters. The van der Waals surface area contributed by atoms with E-state index >= 15 is 0 Å². The number of amidine groups is 2. The van der Waals surface area contributed by atoms with Crippen LogP contribution >= 0.6 is 0 Å². The van der Waals surface area contributed by atoms with Crippen molar-refractivity contribution in [3.05, 3.63) is 193 Å². The molecule has 1 aliphatic heterocycles. The topological polar surface area (TPSA) is 49.9 Å². The summed E-state index contributed by atoms with van der Waals surface area (Å²) in [5.74, 6) is 1.56. The molecule has 4 nitrogen and oxygen atoms in total. The zero-order valence-corrected chi connectivity index (χ0v) is 27.6. The largest absolute Gasteiger partial charge is 0.455 e. The smallest absolute Gasteiger partial charge is 0.170 e. The summed E-state index contributed by atoms with van der Waals surface area (Å²) in [6.07, 6.45) is -0.509. The van der Waals surface area contributed by atoms with Crippen molar-refractivity contribution in [2.45, 2.75) is 6.17 Å². The van der Waals surface area contributed by atoms with Gasteiger partial charge in [0.15, 0.2) is 6.17 Å². The van der Waals surface area contributed by atoms with Crippen LogP contribution in [0, 0.1) is 0 Å². The Labute approximate surface area is 295 Å². The van der Waals surface area contributed by atoms with Crippen molar-refractivity contribution >= 4 is 55.2 Å². The molecule has 0 saturated carbocycles. The van der Waals surface area contributed by atoms with Crippen molar-refractivity contribution in [2.24, 2.45) is 9.98 Å². The first-order valence-corrected chi connectivity index (χ1v) is 17.3. The number of hydrogen-bond donors (Lipinski definition) is 1. The lowest BCUT2D eigenvalue weighted by atomic mass is 9.95. The van der Waals surface area contributed by atoms with Gasteiger partial charge in [-0.2, -0.15) is 0 Å². The Hall–Kier alpha value is -6.78. The lowest BCUT2D eigenvalue weighted by molar-refractivity contribution is 0.668. The SMILES string of the molecule is c1ccc(-c2ccc(C3=NC(c4ccc(-c5ccc6ccccc6c5)c5oc6ccccc6c45)N=C(c4ccc5ccccc5c4)N3)cc2)cc1. The normalized spacial score (nSPS) is 14.5. The van der Waals surface area contributed by atoms with Crippen LogP contribution in [-0.4, -0.2) is 11.7 Å². The van der Waals surface area contributed by atoms with Crippen molar-refractivity contribution in [3.8, 4) is 22.3 Å². The predicted octanol–water partition coefficient (Wildman–Crippen LogP) is 11.7. The van der Waals surface area contributed by atoms with Gasteiger partial charge in [0.2, 0.25) is 0 Å². The summed E-state index contributed by atoms with van der Waals surface area (Å²) < 4.78 is 6.70. The molecule has 0 spiro atoms. The monoisotopic (exact) mass is 653 g/mol. The van der Waals surface area contributed by atoms with Crippen LogP contribution in [0.3, 0.4) is 0 Å². The fourth-order valence-corrected chi connectivity index (χ4v) is 7.32. The molecule has 1 N–H and O–H groups in total. The zero-order valence-electron chi connectivity index (χ0n) is 27.6. The Bertz CT molecular complexity index is 2830. The van der Waals surface area contributed by atoms with Gasteiger partial charge in [0, 0.05) is 33.0 Å². The van der Waals surface area contributed by atoms with Crippen LogP contribution in [0.1, 0.15) is 22.9 Å². The van der Waals surface area contributed by atoms with E-state index < -0.39 is 6.17 Å².